The molecular weight excluding hydrogens is 418 g/mol. The van der Waals surface area contributed by atoms with E-state index in [1.54, 1.807) is 11.1 Å². The van der Waals surface area contributed by atoms with Gasteiger partial charge >= 0.3 is 0 Å². The van der Waals surface area contributed by atoms with E-state index in [1.807, 2.05) is 48.2 Å². The number of anilines is 2. The Balaban J connectivity index is 1.50. The highest BCUT2D eigenvalue weighted by Crippen LogP contribution is 2.37. The Kier molecular flexibility index (Phi) is 5.70. The van der Waals surface area contributed by atoms with Gasteiger partial charge in [-0.05, 0) is 72.0 Å². The van der Waals surface area contributed by atoms with Gasteiger partial charge in [0.05, 0.1) is 5.69 Å². The quantitative estimate of drug-likeness (QED) is 0.431. The number of nitrogens with zero attached hydrogens (tertiary/aromatic N) is 2. The number of pyridine rings is 1. The lowest BCUT2D eigenvalue weighted by atomic mass is 9.92. The second-order valence-corrected chi connectivity index (χ2v) is 9.54. The van der Waals surface area contributed by atoms with E-state index in [0.29, 0.717) is 12.2 Å². The van der Waals surface area contributed by atoms with Gasteiger partial charge in [-0.3, -0.25) is 14.5 Å². The molecule has 0 spiro atoms. The summed E-state index contributed by atoms with van der Waals surface area (Å²) in [5.41, 5.74) is 3.74. The molecule has 1 aliphatic carbocycles. The molecule has 1 N–H and O–H groups in total. The van der Waals surface area contributed by atoms with Crippen LogP contribution in [0.5, 0.6) is 0 Å². The molecule has 2 aliphatic rings. The number of carbonyl (C=O) groups is 2. The van der Waals surface area contributed by atoms with Crippen molar-refractivity contribution in [1.82, 2.24) is 10.3 Å². The van der Waals surface area contributed by atoms with Crippen LogP contribution < -0.4 is 10.2 Å². The van der Waals surface area contributed by atoms with Crippen LogP contribution in [0.4, 0.5) is 11.5 Å². The third kappa shape index (κ3) is 4.15. The van der Waals surface area contributed by atoms with E-state index >= 15 is 0 Å². The molecule has 5 rings (SSSR count). The standard InChI is InChI=1S/C26H25N3O2S/c1-2-32-22-12-8-17(9-13-22)18-5-3-7-21(15-18)29-24-19(6-4-14-27-24)16-23(26(29)31)25(30)28-20-10-11-20/h3-9,12-15,20,23H,2,10-11,16H2,1H3,(H,28,30). The van der Waals surface area contributed by atoms with Crippen LogP contribution >= 0.6 is 11.8 Å². The molecule has 162 valence electrons. The van der Waals surface area contributed by atoms with E-state index in [1.165, 1.54) is 4.90 Å². The minimum Gasteiger partial charge on any atom is -0.353 e. The Morgan fingerprint density at radius 2 is 1.91 bits per heavy atom. The molecule has 3 aromatic rings. The Hall–Kier alpha value is -3.12. The van der Waals surface area contributed by atoms with Gasteiger partial charge in [0.1, 0.15) is 11.7 Å². The molecule has 1 aliphatic heterocycles. The van der Waals surface area contributed by atoms with E-state index in [0.717, 1.165) is 41.0 Å². The fourth-order valence-corrected chi connectivity index (χ4v) is 4.74. The monoisotopic (exact) mass is 443 g/mol. The van der Waals surface area contributed by atoms with Crippen LogP contribution in [-0.2, 0) is 16.0 Å². The fraction of sp³-hybridized carbons (Fsp3) is 0.269. The summed E-state index contributed by atoms with van der Waals surface area (Å²) in [5.74, 6) is 0.507. The molecule has 1 fully saturated rings. The summed E-state index contributed by atoms with van der Waals surface area (Å²) < 4.78 is 0. The van der Waals surface area contributed by atoms with Crippen molar-refractivity contribution in [3.63, 3.8) is 0 Å². The molecule has 2 heterocycles. The van der Waals surface area contributed by atoms with Crippen molar-refractivity contribution in [3.05, 3.63) is 72.4 Å². The van der Waals surface area contributed by atoms with E-state index in [-0.39, 0.29) is 17.9 Å². The van der Waals surface area contributed by atoms with E-state index in [2.05, 4.69) is 41.5 Å². The van der Waals surface area contributed by atoms with E-state index in [9.17, 15) is 9.59 Å². The van der Waals surface area contributed by atoms with Gasteiger partial charge < -0.3 is 5.32 Å². The van der Waals surface area contributed by atoms with Gasteiger partial charge in [0.25, 0.3) is 0 Å². The maximum atomic E-state index is 13.5. The minimum atomic E-state index is -0.735. The minimum absolute atomic E-state index is 0.183. The SMILES string of the molecule is CCSc1ccc(-c2cccc(N3C(=O)C(C(=O)NC4CC4)Cc4cccnc43)c2)cc1. The number of carbonyl (C=O) groups excluding carboxylic acids is 2. The zero-order valence-corrected chi connectivity index (χ0v) is 18.8. The maximum Gasteiger partial charge on any atom is 0.245 e. The summed E-state index contributed by atoms with van der Waals surface area (Å²) in [6, 6.07) is 20.4. The third-order valence-corrected chi connectivity index (χ3v) is 6.76. The average molecular weight is 444 g/mol. The van der Waals surface area contributed by atoms with E-state index < -0.39 is 5.92 Å². The maximum absolute atomic E-state index is 13.5. The predicted molar refractivity (Wildman–Crippen MR) is 128 cm³/mol. The zero-order chi connectivity index (χ0) is 22.1. The van der Waals surface area contributed by atoms with Gasteiger partial charge in [0.15, 0.2) is 0 Å². The molecule has 6 heteroatoms. The van der Waals surface area contributed by atoms with Crippen molar-refractivity contribution >= 4 is 35.1 Å². The molecular formula is C26H25N3O2S. The first kappa shape index (κ1) is 20.8. The lowest BCUT2D eigenvalue weighted by Gasteiger charge is -2.32. The Bertz CT molecular complexity index is 1160. The van der Waals surface area contributed by atoms with Crippen molar-refractivity contribution < 1.29 is 9.59 Å². The summed E-state index contributed by atoms with van der Waals surface area (Å²) in [6.07, 6.45) is 4.06. The van der Waals surface area contributed by atoms with E-state index in [4.69, 9.17) is 0 Å². The second-order valence-electron chi connectivity index (χ2n) is 8.21. The van der Waals surface area contributed by atoms with Crippen LogP contribution in [-0.4, -0.2) is 28.6 Å². The smallest absolute Gasteiger partial charge is 0.245 e. The average Bonchev–Trinajstić information content (AvgIpc) is 3.63. The number of hydrogen-bond donors (Lipinski definition) is 1. The van der Waals surface area contributed by atoms with Crippen LogP contribution in [0.2, 0.25) is 0 Å². The lowest BCUT2D eigenvalue weighted by molar-refractivity contribution is -0.133. The van der Waals surface area contributed by atoms with Gasteiger partial charge in [-0.2, -0.15) is 0 Å². The number of aromatic nitrogens is 1. The van der Waals surface area contributed by atoms with Crippen LogP contribution in [0.3, 0.4) is 0 Å². The number of fused-ring (bicyclic) bond motifs is 1. The Morgan fingerprint density at radius 3 is 2.66 bits per heavy atom. The molecule has 0 radical (unpaired) electrons. The first-order valence-electron chi connectivity index (χ1n) is 11.1. The molecule has 0 saturated heterocycles. The normalized spacial score (nSPS) is 17.7. The van der Waals surface area contributed by atoms with Crippen LogP contribution in [0.1, 0.15) is 25.3 Å². The molecule has 32 heavy (non-hydrogen) atoms. The third-order valence-electron chi connectivity index (χ3n) is 5.87. The second kappa shape index (κ2) is 8.79. The first-order valence-corrected chi connectivity index (χ1v) is 12.0. The topological polar surface area (TPSA) is 62.3 Å². The number of rotatable bonds is 6. The van der Waals surface area contributed by atoms with Crippen molar-refractivity contribution in [2.24, 2.45) is 5.92 Å². The number of hydrogen-bond acceptors (Lipinski definition) is 4. The number of amides is 2. The molecule has 5 nitrogen and oxygen atoms in total. The fourth-order valence-electron chi connectivity index (χ4n) is 4.08. The van der Waals surface area contributed by atoms with Gasteiger partial charge in [-0.1, -0.05) is 37.3 Å². The first-order chi connectivity index (χ1) is 15.6. The molecule has 1 unspecified atom stereocenters. The Labute approximate surface area is 192 Å². The highest BCUT2D eigenvalue weighted by molar-refractivity contribution is 7.99. The number of benzene rings is 2. The predicted octanol–water partition coefficient (Wildman–Crippen LogP) is 4.98. The van der Waals surface area contributed by atoms with Crippen LogP contribution in [0, 0.1) is 5.92 Å². The summed E-state index contributed by atoms with van der Waals surface area (Å²) in [4.78, 5) is 33.7. The van der Waals surface area contributed by atoms with Crippen molar-refractivity contribution in [2.75, 3.05) is 10.7 Å². The largest absolute Gasteiger partial charge is 0.353 e. The van der Waals surface area contributed by atoms with Crippen molar-refractivity contribution in [3.8, 4) is 11.1 Å². The molecule has 2 amide bonds. The molecule has 1 aromatic heterocycles. The number of nitrogens with one attached hydrogen (secondary N) is 1. The molecule has 1 atom stereocenters. The van der Waals surface area contributed by atoms with Crippen LogP contribution in [0.15, 0.2) is 71.8 Å². The van der Waals surface area contributed by atoms with Crippen molar-refractivity contribution in [1.29, 1.82) is 0 Å². The van der Waals surface area contributed by atoms with Crippen LogP contribution in [0.25, 0.3) is 11.1 Å². The highest BCUT2D eigenvalue weighted by atomic mass is 32.2. The number of thioether (sulfide) groups is 1. The highest BCUT2D eigenvalue weighted by Gasteiger charge is 2.40. The molecule has 2 aromatic carbocycles. The summed E-state index contributed by atoms with van der Waals surface area (Å²) in [6.45, 7) is 2.14. The van der Waals surface area contributed by atoms with Gasteiger partial charge in [0.2, 0.25) is 11.8 Å². The van der Waals surface area contributed by atoms with Gasteiger partial charge in [0, 0.05) is 17.1 Å². The Morgan fingerprint density at radius 1 is 1.09 bits per heavy atom. The van der Waals surface area contributed by atoms with Gasteiger partial charge in [-0.25, -0.2) is 4.98 Å². The summed E-state index contributed by atoms with van der Waals surface area (Å²) in [7, 11) is 0. The zero-order valence-electron chi connectivity index (χ0n) is 18.0. The summed E-state index contributed by atoms with van der Waals surface area (Å²) >= 11 is 1.81. The molecule has 0 bridgehead atoms. The molecule has 1 saturated carbocycles. The summed E-state index contributed by atoms with van der Waals surface area (Å²) in [5, 5.41) is 3.00. The van der Waals surface area contributed by atoms with Crippen molar-refractivity contribution in [2.45, 2.75) is 37.1 Å². The lowest BCUT2D eigenvalue weighted by Crippen LogP contribution is -2.47. The van der Waals surface area contributed by atoms with Gasteiger partial charge in [-0.15, -0.1) is 11.8 Å².